The van der Waals surface area contributed by atoms with E-state index in [4.69, 9.17) is 9.73 Å². The summed E-state index contributed by atoms with van der Waals surface area (Å²) in [5.74, 6) is 2.16. The van der Waals surface area contributed by atoms with E-state index in [1.807, 2.05) is 17.8 Å². The summed E-state index contributed by atoms with van der Waals surface area (Å²) in [5, 5.41) is 3.42. The standard InChI is InChI=1S/C17H33N3OS.HI/c1-5-8-9-12-20(4)16(18-6-2)19-15-17(22-7-3)10-13-21-14-11-17;/h5H,1,6-15H2,2-4H3,(H,18,19);1H. The number of guanidine groups is 1. The Bertz CT molecular complexity index is 341. The normalized spacial score (nSPS) is 17.3. The number of halogens is 1. The second-order valence-corrected chi connectivity index (χ2v) is 7.48. The smallest absolute Gasteiger partial charge is 0.193 e. The van der Waals surface area contributed by atoms with Crippen LogP contribution in [-0.4, -0.2) is 61.3 Å². The lowest BCUT2D eigenvalue weighted by Gasteiger charge is -2.35. The molecule has 0 amide bonds. The molecule has 1 heterocycles. The number of aliphatic imine (C=N–C) groups is 1. The van der Waals surface area contributed by atoms with Crippen LogP contribution in [0.5, 0.6) is 0 Å². The van der Waals surface area contributed by atoms with Crippen molar-refractivity contribution in [2.75, 3.05) is 45.6 Å². The molecule has 0 radical (unpaired) electrons. The lowest BCUT2D eigenvalue weighted by molar-refractivity contribution is 0.0793. The van der Waals surface area contributed by atoms with Crippen molar-refractivity contribution in [3.63, 3.8) is 0 Å². The fraction of sp³-hybridized carbons (Fsp3) is 0.824. The minimum absolute atomic E-state index is 0. The van der Waals surface area contributed by atoms with Gasteiger partial charge in [-0.2, -0.15) is 11.8 Å². The van der Waals surface area contributed by atoms with Gasteiger partial charge in [-0.25, -0.2) is 0 Å². The monoisotopic (exact) mass is 455 g/mol. The summed E-state index contributed by atoms with van der Waals surface area (Å²) in [6, 6.07) is 0. The van der Waals surface area contributed by atoms with Gasteiger partial charge in [-0.05, 0) is 38.4 Å². The van der Waals surface area contributed by atoms with Crippen molar-refractivity contribution in [3.8, 4) is 0 Å². The summed E-state index contributed by atoms with van der Waals surface area (Å²) < 4.78 is 5.80. The SMILES string of the molecule is C=CCCCN(C)C(=NCC1(SCC)CCOCC1)NCC.I. The van der Waals surface area contributed by atoms with Gasteiger partial charge in [0.15, 0.2) is 5.96 Å². The van der Waals surface area contributed by atoms with Crippen molar-refractivity contribution >= 4 is 41.7 Å². The van der Waals surface area contributed by atoms with Crippen LogP contribution < -0.4 is 5.32 Å². The van der Waals surface area contributed by atoms with Crippen molar-refractivity contribution in [2.45, 2.75) is 44.3 Å². The number of thioether (sulfide) groups is 1. The first-order chi connectivity index (χ1) is 10.7. The topological polar surface area (TPSA) is 36.9 Å². The zero-order valence-corrected chi connectivity index (χ0v) is 18.1. The molecule has 0 spiro atoms. The molecule has 0 aliphatic carbocycles. The number of nitrogens with one attached hydrogen (secondary N) is 1. The van der Waals surface area contributed by atoms with E-state index < -0.39 is 0 Å². The maximum Gasteiger partial charge on any atom is 0.193 e. The van der Waals surface area contributed by atoms with E-state index in [1.165, 1.54) is 0 Å². The molecular weight excluding hydrogens is 421 g/mol. The highest BCUT2D eigenvalue weighted by atomic mass is 127. The average molecular weight is 455 g/mol. The van der Waals surface area contributed by atoms with Crippen LogP contribution in [0.25, 0.3) is 0 Å². The molecule has 0 aromatic heterocycles. The maximum absolute atomic E-state index is 5.54. The average Bonchev–Trinajstić information content (AvgIpc) is 2.53. The summed E-state index contributed by atoms with van der Waals surface area (Å²) in [6.07, 6.45) is 6.36. The largest absolute Gasteiger partial charge is 0.381 e. The van der Waals surface area contributed by atoms with Gasteiger partial charge < -0.3 is 15.0 Å². The van der Waals surface area contributed by atoms with Gasteiger partial charge in [-0.1, -0.05) is 13.0 Å². The van der Waals surface area contributed by atoms with Crippen molar-refractivity contribution in [1.29, 1.82) is 0 Å². The minimum Gasteiger partial charge on any atom is -0.381 e. The van der Waals surface area contributed by atoms with E-state index in [0.717, 1.165) is 70.2 Å². The van der Waals surface area contributed by atoms with E-state index in [2.05, 4.69) is 37.7 Å². The lowest BCUT2D eigenvalue weighted by atomic mass is 9.99. The third-order valence-corrected chi connectivity index (χ3v) is 5.41. The molecule has 0 saturated carbocycles. The highest BCUT2D eigenvalue weighted by molar-refractivity contribution is 14.0. The van der Waals surface area contributed by atoms with Gasteiger partial charge in [-0.15, -0.1) is 30.6 Å². The van der Waals surface area contributed by atoms with Crippen molar-refractivity contribution in [2.24, 2.45) is 4.99 Å². The molecule has 1 fully saturated rings. The molecular formula is C17H34IN3OS. The number of unbranched alkanes of at least 4 members (excludes halogenated alkanes) is 1. The Balaban J connectivity index is 0.00000484. The van der Waals surface area contributed by atoms with Gasteiger partial charge in [0.05, 0.1) is 6.54 Å². The number of hydrogen-bond acceptors (Lipinski definition) is 3. The van der Waals surface area contributed by atoms with Gasteiger partial charge in [0.25, 0.3) is 0 Å². The first-order valence-corrected chi connectivity index (χ1v) is 9.48. The molecule has 1 aliphatic heterocycles. The first-order valence-electron chi connectivity index (χ1n) is 8.49. The summed E-state index contributed by atoms with van der Waals surface area (Å²) >= 11 is 2.05. The van der Waals surface area contributed by atoms with E-state index >= 15 is 0 Å². The van der Waals surface area contributed by atoms with Crippen LogP contribution in [-0.2, 0) is 4.74 Å². The summed E-state index contributed by atoms with van der Waals surface area (Å²) in [4.78, 5) is 7.17. The molecule has 1 N–H and O–H groups in total. The molecule has 0 atom stereocenters. The third-order valence-electron chi connectivity index (χ3n) is 3.97. The van der Waals surface area contributed by atoms with Gasteiger partial charge in [-0.3, -0.25) is 4.99 Å². The van der Waals surface area contributed by atoms with E-state index in [-0.39, 0.29) is 28.7 Å². The zero-order chi connectivity index (χ0) is 16.3. The number of nitrogens with zero attached hydrogens (tertiary/aromatic N) is 2. The Hall–Kier alpha value is 0.0500. The predicted molar refractivity (Wildman–Crippen MR) is 114 cm³/mol. The molecule has 1 rings (SSSR count). The van der Waals surface area contributed by atoms with Crippen LogP contribution in [0.15, 0.2) is 17.6 Å². The molecule has 6 heteroatoms. The molecule has 23 heavy (non-hydrogen) atoms. The predicted octanol–water partition coefficient (Wildman–Crippen LogP) is 3.77. The zero-order valence-electron chi connectivity index (χ0n) is 15.0. The van der Waals surface area contributed by atoms with Gasteiger partial charge in [0.2, 0.25) is 0 Å². The van der Waals surface area contributed by atoms with Crippen LogP contribution in [0.3, 0.4) is 0 Å². The molecule has 136 valence electrons. The second-order valence-electron chi connectivity index (χ2n) is 5.75. The van der Waals surface area contributed by atoms with E-state index in [9.17, 15) is 0 Å². The van der Waals surface area contributed by atoms with Crippen LogP contribution >= 0.6 is 35.7 Å². The van der Waals surface area contributed by atoms with Crippen molar-refractivity contribution in [1.82, 2.24) is 10.2 Å². The quantitative estimate of drug-likeness (QED) is 0.189. The van der Waals surface area contributed by atoms with E-state index in [0.29, 0.717) is 0 Å². The molecule has 0 bridgehead atoms. The first kappa shape index (κ1) is 23.1. The molecule has 0 aromatic rings. The Morgan fingerprint density at radius 1 is 1.39 bits per heavy atom. The lowest BCUT2D eigenvalue weighted by Crippen LogP contribution is -2.42. The molecule has 1 saturated heterocycles. The Labute approximate surface area is 163 Å². The summed E-state index contributed by atoms with van der Waals surface area (Å²) in [7, 11) is 2.12. The fourth-order valence-corrected chi connectivity index (χ4v) is 3.89. The fourth-order valence-electron chi connectivity index (χ4n) is 2.67. The minimum atomic E-state index is 0. The van der Waals surface area contributed by atoms with Gasteiger partial charge >= 0.3 is 0 Å². The second kappa shape index (κ2) is 13.4. The van der Waals surface area contributed by atoms with Crippen LogP contribution in [0.4, 0.5) is 0 Å². The van der Waals surface area contributed by atoms with Crippen LogP contribution in [0.1, 0.15) is 39.5 Å². The highest BCUT2D eigenvalue weighted by Crippen LogP contribution is 2.35. The number of hydrogen-bond donors (Lipinski definition) is 1. The number of allylic oxidation sites excluding steroid dienone is 1. The molecule has 0 unspecified atom stereocenters. The maximum atomic E-state index is 5.54. The summed E-state index contributed by atoms with van der Waals surface area (Å²) in [6.45, 7) is 12.7. The van der Waals surface area contributed by atoms with Crippen molar-refractivity contribution < 1.29 is 4.74 Å². The number of ether oxygens (including phenoxy) is 1. The van der Waals surface area contributed by atoms with Crippen LogP contribution in [0, 0.1) is 0 Å². The molecule has 1 aliphatic rings. The van der Waals surface area contributed by atoms with E-state index in [1.54, 1.807) is 0 Å². The number of rotatable bonds is 9. The Morgan fingerprint density at radius 2 is 2.09 bits per heavy atom. The molecule has 0 aromatic carbocycles. The van der Waals surface area contributed by atoms with Crippen molar-refractivity contribution in [3.05, 3.63) is 12.7 Å². The van der Waals surface area contributed by atoms with Gasteiger partial charge in [0, 0.05) is 38.1 Å². The van der Waals surface area contributed by atoms with Gasteiger partial charge in [0.1, 0.15) is 0 Å². The Morgan fingerprint density at radius 3 is 2.65 bits per heavy atom. The van der Waals surface area contributed by atoms with Crippen LogP contribution in [0.2, 0.25) is 0 Å². The molecule has 4 nitrogen and oxygen atoms in total. The Kier molecular flexibility index (Phi) is 13.4. The third kappa shape index (κ3) is 8.63. The highest BCUT2D eigenvalue weighted by Gasteiger charge is 2.32. The summed E-state index contributed by atoms with van der Waals surface area (Å²) in [5.41, 5.74) is 0.